The van der Waals surface area contributed by atoms with Gasteiger partial charge in [0.05, 0.1) is 12.1 Å². The fourth-order valence-electron chi connectivity index (χ4n) is 3.08. The van der Waals surface area contributed by atoms with E-state index in [1.807, 2.05) is 23.9 Å². The van der Waals surface area contributed by atoms with Crippen LogP contribution in [-0.4, -0.2) is 43.4 Å². The quantitative estimate of drug-likeness (QED) is 0.321. The van der Waals surface area contributed by atoms with Crippen LogP contribution in [0.4, 0.5) is 0 Å². The molecule has 3 nitrogen and oxygen atoms in total. The van der Waals surface area contributed by atoms with E-state index in [0.717, 1.165) is 17.9 Å². The third kappa shape index (κ3) is 7.84. The van der Waals surface area contributed by atoms with Gasteiger partial charge in [-0.2, -0.15) is 0 Å². The lowest BCUT2D eigenvalue weighted by atomic mass is 10.0. The van der Waals surface area contributed by atoms with Crippen LogP contribution in [0.3, 0.4) is 0 Å². The number of aromatic nitrogens is 1. The predicted molar refractivity (Wildman–Crippen MR) is 122 cm³/mol. The van der Waals surface area contributed by atoms with Crippen molar-refractivity contribution in [3.63, 3.8) is 0 Å². The van der Waals surface area contributed by atoms with Crippen molar-refractivity contribution in [3.8, 4) is 5.75 Å². The molecule has 0 aliphatic carbocycles. The second-order valence-electron chi connectivity index (χ2n) is 7.95. The molecular weight excluding hydrogens is 364 g/mol. The zero-order valence-electron chi connectivity index (χ0n) is 18.2. The van der Waals surface area contributed by atoms with Crippen molar-refractivity contribution in [2.45, 2.75) is 56.9 Å². The monoisotopic (exact) mass is 400 g/mol. The summed E-state index contributed by atoms with van der Waals surface area (Å²) in [6, 6.07) is 12.8. The van der Waals surface area contributed by atoms with Crippen LogP contribution in [0.5, 0.6) is 5.75 Å². The maximum atomic E-state index is 5.27. The zero-order chi connectivity index (χ0) is 20.4. The van der Waals surface area contributed by atoms with Gasteiger partial charge in [0.25, 0.3) is 0 Å². The van der Waals surface area contributed by atoms with E-state index < -0.39 is 0 Å². The molecule has 154 valence electrons. The van der Waals surface area contributed by atoms with Crippen LogP contribution in [0, 0.1) is 0 Å². The molecule has 1 heterocycles. The van der Waals surface area contributed by atoms with E-state index in [1.165, 1.54) is 54.1 Å². The van der Waals surface area contributed by atoms with E-state index >= 15 is 0 Å². The second-order valence-corrected chi connectivity index (χ2v) is 9.03. The molecule has 4 heteroatoms. The highest BCUT2D eigenvalue weighted by atomic mass is 32.2. The van der Waals surface area contributed by atoms with Gasteiger partial charge in [-0.05, 0) is 74.5 Å². The van der Waals surface area contributed by atoms with Gasteiger partial charge >= 0.3 is 0 Å². The third-order valence-corrected chi connectivity index (χ3v) is 5.96. The van der Waals surface area contributed by atoms with Gasteiger partial charge in [0.1, 0.15) is 5.75 Å². The third-order valence-electron chi connectivity index (χ3n) is 4.84. The van der Waals surface area contributed by atoms with Gasteiger partial charge in [-0.15, -0.1) is 11.8 Å². The van der Waals surface area contributed by atoms with Crippen LogP contribution in [-0.2, 0) is 6.42 Å². The summed E-state index contributed by atoms with van der Waals surface area (Å²) in [6.07, 6.45) is 6.09. The number of hydrogen-bond acceptors (Lipinski definition) is 4. The number of benzene rings is 1. The highest BCUT2D eigenvalue weighted by Gasteiger charge is 2.10. The molecule has 0 amide bonds. The highest BCUT2D eigenvalue weighted by molar-refractivity contribution is 7.99. The fraction of sp³-hybridized carbons (Fsp3) is 0.542. The Labute approximate surface area is 175 Å². The highest BCUT2D eigenvalue weighted by Crippen LogP contribution is 2.27. The standard InChI is InChI=1S/C24H36N2OS/c1-19(2)23-15-12-21(18-20-10-13-22(27-5)14-11-20)24(25-23)28-17-9-7-6-8-16-26(3)4/h10-15,19H,6-9,16-18H2,1-5H3. The first-order valence-corrected chi connectivity index (χ1v) is 11.4. The van der Waals surface area contributed by atoms with E-state index in [2.05, 4.69) is 57.1 Å². The molecule has 1 aromatic carbocycles. The number of methoxy groups -OCH3 is 1. The number of hydrogen-bond donors (Lipinski definition) is 0. The number of unbranched alkanes of at least 4 members (excludes halogenated alkanes) is 3. The Kier molecular flexibility index (Phi) is 9.86. The van der Waals surface area contributed by atoms with Gasteiger partial charge in [-0.1, -0.05) is 44.9 Å². The van der Waals surface area contributed by atoms with Crippen molar-refractivity contribution in [2.24, 2.45) is 0 Å². The van der Waals surface area contributed by atoms with E-state index in [9.17, 15) is 0 Å². The average Bonchev–Trinajstić information content (AvgIpc) is 2.68. The number of pyridine rings is 1. The largest absolute Gasteiger partial charge is 0.497 e. The fourth-order valence-corrected chi connectivity index (χ4v) is 4.12. The van der Waals surface area contributed by atoms with Gasteiger partial charge in [-0.3, -0.25) is 0 Å². The number of thioether (sulfide) groups is 1. The molecule has 0 fully saturated rings. The van der Waals surface area contributed by atoms with E-state index in [-0.39, 0.29) is 0 Å². The summed E-state index contributed by atoms with van der Waals surface area (Å²) in [5.74, 6) is 2.51. The lowest BCUT2D eigenvalue weighted by Gasteiger charge is -2.13. The van der Waals surface area contributed by atoms with Gasteiger partial charge < -0.3 is 9.64 Å². The summed E-state index contributed by atoms with van der Waals surface area (Å²) in [6.45, 7) is 5.62. The van der Waals surface area contributed by atoms with Crippen LogP contribution < -0.4 is 4.74 Å². The van der Waals surface area contributed by atoms with Gasteiger partial charge in [0.2, 0.25) is 0 Å². The van der Waals surface area contributed by atoms with Crippen molar-refractivity contribution < 1.29 is 4.74 Å². The Morgan fingerprint density at radius 2 is 1.68 bits per heavy atom. The molecule has 0 saturated carbocycles. The van der Waals surface area contributed by atoms with Crippen LogP contribution in [0.1, 0.15) is 62.3 Å². The molecule has 1 aromatic heterocycles. The SMILES string of the molecule is COc1ccc(Cc2ccc(C(C)C)nc2SCCCCCCN(C)C)cc1. The minimum absolute atomic E-state index is 0.459. The lowest BCUT2D eigenvalue weighted by molar-refractivity contribution is 0.391. The number of nitrogens with zero attached hydrogens (tertiary/aromatic N) is 2. The smallest absolute Gasteiger partial charge is 0.118 e. The molecule has 0 N–H and O–H groups in total. The van der Waals surface area contributed by atoms with E-state index in [0.29, 0.717) is 5.92 Å². The Bertz CT molecular complexity index is 698. The van der Waals surface area contributed by atoms with E-state index in [4.69, 9.17) is 9.72 Å². The average molecular weight is 401 g/mol. The summed E-state index contributed by atoms with van der Waals surface area (Å²) in [4.78, 5) is 7.26. The molecule has 0 aliphatic heterocycles. The molecule has 0 radical (unpaired) electrons. The van der Waals surface area contributed by atoms with Crippen LogP contribution >= 0.6 is 11.8 Å². The van der Waals surface area contributed by atoms with Crippen molar-refractivity contribution in [3.05, 3.63) is 53.2 Å². The minimum Gasteiger partial charge on any atom is -0.497 e. The topological polar surface area (TPSA) is 25.4 Å². The van der Waals surface area contributed by atoms with Crippen molar-refractivity contribution in [2.75, 3.05) is 33.5 Å². The van der Waals surface area contributed by atoms with Gasteiger partial charge in [0.15, 0.2) is 0 Å². The van der Waals surface area contributed by atoms with E-state index in [1.54, 1.807) is 7.11 Å². The Hall–Kier alpha value is -1.52. The second kappa shape index (κ2) is 12.1. The van der Waals surface area contributed by atoms with Crippen LogP contribution in [0.25, 0.3) is 0 Å². The van der Waals surface area contributed by atoms with Gasteiger partial charge in [0, 0.05) is 12.1 Å². The zero-order valence-corrected chi connectivity index (χ0v) is 19.0. The van der Waals surface area contributed by atoms with Crippen LogP contribution in [0.15, 0.2) is 41.4 Å². The Balaban J connectivity index is 1.96. The van der Waals surface area contributed by atoms with Crippen molar-refractivity contribution in [1.29, 1.82) is 0 Å². The molecular formula is C24H36N2OS. The first-order valence-electron chi connectivity index (χ1n) is 10.4. The number of rotatable bonds is 12. The first-order chi connectivity index (χ1) is 13.5. The Morgan fingerprint density at radius 3 is 2.32 bits per heavy atom. The lowest BCUT2D eigenvalue weighted by Crippen LogP contribution is -2.12. The predicted octanol–water partition coefficient (Wildman–Crippen LogP) is 6.02. The summed E-state index contributed by atoms with van der Waals surface area (Å²) >= 11 is 1.92. The van der Waals surface area contributed by atoms with Crippen molar-refractivity contribution in [1.82, 2.24) is 9.88 Å². The maximum absolute atomic E-state index is 5.27. The van der Waals surface area contributed by atoms with Gasteiger partial charge in [-0.25, -0.2) is 4.98 Å². The molecule has 0 bridgehead atoms. The summed E-state index contributed by atoms with van der Waals surface area (Å²) < 4.78 is 5.27. The molecule has 2 aromatic rings. The summed E-state index contributed by atoms with van der Waals surface area (Å²) in [5, 5.41) is 1.20. The van der Waals surface area contributed by atoms with Crippen LogP contribution in [0.2, 0.25) is 0 Å². The molecule has 0 unspecified atom stereocenters. The first kappa shape index (κ1) is 22.8. The molecule has 0 spiro atoms. The normalized spacial score (nSPS) is 11.4. The molecule has 2 rings (SSSR count). The Morgan fingerprint density at radius 1 is 0.964 bits per heavy atom. The molecule has 0 atom stereocenters. The van der Waals surface area contributed by atoms with Crippen molar-refractivity contribution >= 4 is 11.8 Å². The number of ether oxygens (including phenoxy) is 1. The molecule has 0 aliphatic rings. The molecule has 28 heavy (non-hydrogen) atoms. The summed E-state index contributed by atoms with van der Waals surface area (Å²) in [5.41, 5.74) is 3.81. The molecule has 0 saturated heterocycles. The summed E-state index contributed by atoms with van der Waals surface area (Å²) in [7, 11) is 6.00. The minimum atomic E-state index is 0.459. The maximum Gasteiger partial charge on any atom is 0.118 e.